The third-order valence-electron chi connectivity index (χ3n) is 3.19. The number of aryl methyl sites for hydroxylation is 1. The Kier molecular flexibility index (Phi) is 5.36. The molecule has 120 valence electrons. The largest absolute Gasteiger partial charge is 0.457 e. The molecule has 2 aromatic carbocycles. The van der Waals surface area contributed by atoms with Crippen molar-refractivity contribution in [1.82, 2.24) is 5.32 Å². The second-order valence-electron chi connectivity index (χ2n) is 5.35. The molecule has 0 aromatic heterocycles. The highest BCUT2D eigenvalue weighted by Crippen LogP contribution is 2.23. The Labute approximate surface area is 135 Å². The monoisotopic (exact) mass is 312 g/mol. The average Bonchev–Trinajstić information content (AvgIpc) is 2.51. The van der Waals surface area contributed by atoms with Gasteiger partial charge < -0.3 is 15.4 Å². The van der Waals surface area contributed by atoms with Gasteiger partial charge in [0.15, 0.2) is 0 Å². The lowest BCUT2D eigenvalue weighted by atomic mass is 10.2. The molecule has 1 atom stereocenters. The minimum absolute atomic E-state index is 0.241. The summed E-state index contributed by atoms with van der Waals surface area (Å²) in [5, 5.41) is 5.27. The minimum atomic E-state index is -0.587. The second-order valence-corrected chi connectivity index (χ2v) is 5.35. The fourth-order valence-corrected chi connectivity index (χ4v) is 1.97. The molecule has 0 saturated carbocycles. The topological polar surface area (TPSA) is 67.4 Å². The molecule has 5 heteroatoms. The predicted molar refractivity (Wildman–Crippen MR) is 89.6 cm³/mol. The van der Waals surface area contributed by atoms with E-state index in [0.717, 1.165) is 5.75 Å². The number of carbonyl (C=O) groups is 2. The zero-order valence-electron chi connectivity index (χ0n) is 13.4. The standard InChI is InChI=1S/C18H20N2O3/c1-12-4-8-16(9-5-12)23-17-10-6-15(7-11-17)20-18(22)13(2)19-14(3)21/h4-11,13H,1-3H3,(H,19,21)(H,20,22). The molecule has 0 spiro atoms. The molecule has 0 saturated heterocycles. The highest BCUT2D eigenvalue weighted by atomic mass is 16.5. The van der Waals surface area contributed by atoms with Gasteiger partial charge in [-0.2, -0.15) is 0 Å². The van der Waals surface area contributed by atoms with Crippen molar-refractivity contribution in [2.45, 2.75) is 26.8 Å². The molecule has 1 unspecified atom stereocenters. The normalized spacial score (nSPS) is 11.4. The van der Waals surface area contributed by atoms with Gasteiger partial charge in [0.1, 0.15) is 17.5 Å². The molecule has 2 N–H and O–H groups in total. The van der Waals surface area contributed by atoms with Crippen molar-refractivity contribution in [2.75, 3.05) is 5.32 Å². The van der Waals surface area contributed by atoms with Crippen molar-refractivity contribution in [3.05, 3.63) is 54.1 Å². The minimum Gasteiger partial charge on any atom is -0.457 e. The summed E-state index contributed by atoms with van der Waals surface area (Å²) in [5.41, 5.74) is 1.81. The fraction of sp³-hybridized carbons (Fsp3) is 0.222. The maximum atomic E-state index is 11.9. The van der Waals surface area contributed by atoms with Gasteiger partial charge in [-0.15, -0.1) is 0 Å². The Balaban J connectivity index is 1.95. The fourth-order valence-electron chi connectivity index (χ4n) is 1.97. The second kappa shape index (κ2) is 7.45. The van der Waals surface area contributed by atoms with Crippen LogP contribution in [-0.4, -0.2) is 17.9 Å². The van der Waals surface area contributed by atoms with Crippen molar-refractivity contribution >= 4 is 17.5 Å². The van der Waals surface area contributed by atoms with Crippen molar-refractivity contribution < 1.29 is 14.3 Å². The molecule has 0 fully saturated rings. The SMILES string of the molecule is CC(=O)NC(C)C(=O)Nc1ccc(Oc2ccc(C)cc2)cc1. The van der Waals surface area contributed by atoms with Crippen LogP contribution in [0.5, 0.6) is 11.5 Å². The zero-order valence-corrected chi connectivity index (χ0v) is 13.4. The van der Waals surface area contributed by atoms with Gasteiger partial charge in [-0.05, 0) is 50.2 Å². The van der Waals surface area contributed by atoms with Crippen LogP contribution in [0.2, 0.25) is 0 Å². The van der Waals surface area contributed by atoms with Crippen molar-refractivity contribution in [1.29, 1.82) is 0 Å². The third kappa shape index (κ3) is 5.14. The maximum Gasteiger partial charge on any atom is 0.246 e. The van der Waals surface area contributed by atoms with Crippen LogP contribution in [0.4, 0.5) is 5.69 Å². The Morgan fingerprint density at radius 1 is 0.957 bits per heavy atom. The number of carbonyl (C=O) groups excluding carboxylic acids is 2. The predicted octanol–water partition coefficient (Wildman–Crippen LogP) is 3.25. The number of hydrogen-bond donors (Lipinski definition) is 2. The number of rotatable bonds is 5. The van der Waals surface area contributed by atoms with Gasteiger partial charge in [-0.1, -0.05) is 17.7 Å². The van der Waals surface area contributed by atoms with Crippen LogP contribution in [0.1, 0.15) is 19.4 Å². The average molecular weight is 312 g/mol. The van der Waals surface area contributed by atoms with E-state index < -0.39 is 6.04 Å². The van der Waals surface area contributed by atoms with E-state index in [4.69, 9.17) is 4.74 Å². The Morgan fingerprint density at radius 2 is 1.48 bits per heavy atom. The van der Waals surface area contributed by atoms with E-state index in [-0.39, 0.29) is 11.8 Å². The van der Waals surface area contributed by atoms with Gasteiger partial charge in [0.2, 0.25) is 11.8 Å². The Morgan fingerprint density at radius 3 is 2.00 bits per heavy atom. The van der Waals surface area contributed by atoms with Crippen LogP contribution in [0, 0.1) is 6.92 Å². The molecule has 0 aliphatic heterocycles. The van der Waals surface area contributed by atoms with Gasteiger partial charge in [0.25, 0.3) is 0 Å². The van der Waals surface area contributed by atoms with E-state index in [2.05, 4.69) is 10.6 Å². The lowest BCUT2D eigenvalue weighted by molar-refractivity contribution is -0.124. The van der Waals surface area contributed by atoms with E-state index in [1.165, 1.54) is 12.5 Å². The Bertz CT molecular complexity index is 678. The molecule has 0 radical (unpaired) electrons. The summed E-state index contributed by atoms with van der Waals surface area (Å²) in [6, 6.07) is 14.2. The molecule has 0 aliphatic rings. The molecule has 5 nitrogen and oxygen atoms in total. The van der Waals surface area contributed by atoms with E-state index in [0.29, 0.717) is 11.4 Å². The first-order valence-electron chi connectivity index (χ1n) is 7.36. The van der Waals surface area contributed by atoms with E-state index >= 15 is 0 Å². The summed E-state index contributed by atoms with van der Waals surface area (Å²) in [4.78, 5) is 22.8. The quantitative estimate of drug-likeness (QED) is 0.890. The summed E-state index contributed by atoms with van der Waals surface area (Å²) in [6.45, 7) is 5.02. The van der Waals surface area contributed by atoms with Crippen LogP contribution in [-0.2, 0) is 9.59 Å². The number of ether oxygens (including phenoxy) is 1. The van der Waals surface area contributed by atoms with E-state index in [1.54, 1.807) is 31.2 Å². The smallest absolute Gasteiger partial charge is 0.246 e. The van der Waals surface area contributed by atoms with Crippen molar-refractivity contribution in [3.8, 4) is 11.5 Å². The van der Waals surface area contributed by atoms with Crippen LogP contribution in [0.25, 0.3) is 0 Å². The maximum absolute atomic E-state index is 11.9. The van der Waals surface area contributed by atoms with Gasteiger partial charge in [0.05, 0.1) is 0 Å². The van der Waals surface area contributed by atoms with Crippen LogP contribution >= 0.6 is 0 Å². The number of anilines is 1. The summed E-state index contributed by atoms with van der Waals surface area (Å²) in [5.74, 6) is 0.926. The summed E-state index contributed by atoms with van der Waals surface area (Å²) in [7, 11) is 0. The lowest BCUT2D eigenvalue weighted by Gasteiger charge is -2.13. The zero-order chi connectivity index (χ0) is 16.8. The summed E-state index contributed by atoms with van der Waals surface area (Å²) < 4.78 is 5.72. The highest BCUT2D eigenvalue weighted by Gasteiger charge is 2.13. The van der Waals surface area contributed by atoms with Crippen LogP contribution < -0.4 is 15.4 Å². The number of benzene rings is 2. The Hall–Kier alpha value is -2.82. The molecule has 2 rings (SSSR count). The molecule has 23 heavy (non-hydrogen) atoms. The first-order valence-corrected chi connectivity index (χ1v) is 7.36. The number of amides is 2. The molecule has 0 bridgehead atoms. The van der Waals surface area contributed by atoms with Gasteiger partial charge in [-0.25, -0.2) is 0 Å². The van der Waals surface area contributed by atoms with Crippen LogP contribution in [0.15, 0.2) is 48.5 Å². The molecular formula is C18H20N2O3. The number of hydrogen-bond acceptors (Lipinski definition) is 3. The molecular weight excluding hydrogens is 292 g/mol. The van der Waals surface area contributed by atoms with Gasteiger partial charge >= 0.3 is 0 Å². The molecule has 2 amide bonds. The van der Waals surface area contributed by atoms with Crippen molar-refractivity contribution in [2.24, 2.45) is 0 Å². The van der Waals surface area contributed by atoms with Gasteiger partial charge in [0, 0.05) is 12.6 Å². The van der Waals surface area contributed by atoms with Crippen molar-refractivity contribution in [3.63, 3.8) is 0 Å². The van der Waals surface area contributed by atoms with Gasteiger partial charge in [-0.3, -0.25) is 9.59 Å². The molecule has 0 heterocycles. The molecule has 0 aliphatic carbocycles. The first-order chi connectivity index (χ1) is 10.9. The van der Waals surface area contributed by atoms with Crippen LogP contribution in [0.3, 0.4) is 0 Å². The highest BCUT2D eigenvalue weighted by molar-refractivity contribution is 5.96. The van der Waals surface area contributed by atoms with E-state index in [9.17, 15) is 9.59 Å². The number of nitrogens with one attached hydrogen (secondary N) is 2. The lowest BCUT2D eigenvalue weighted by Crippen LogP contribution is -2.40. The molecule has 2 aromatic rings. The summed E-state index contributed by atoms with van der Waals surface area (Å²) >= 11 is 0. The van der Waals surface area contributed by atoms with E-state index in [1.807, 2.05) is 31.2 Å². The first kappa shape index (κ1) is 16.5. The summed E-state index contributed by atoms with van der Waals surface area (Å²) in [6.07, 6.45) is 0. The third-order valence-corrected chi connectivity index (χ3v) is 3.19.